The van der Waals surface area contributed by atoms with E-state index < -0.39 is 0 Å². The first-order chi connectivity index (χ1) is 16.2. The molecule has 1 amide bonds. The van der Waals surface area contributed by atoms with Crippen molar-refractivity contribution in [3.63, 3.8) is 0 Å². The van der Waals surface area contributed by atoms with Crippen molar-refractivity contribution in [2.75, 3.05) is 12.4 Å². The standard InChI is InChI=1S/C28H25NO3S/c1-31-26-17-16-22(18-23(26)20-32-19-21-10-4-2-5-11-21)28(30)29-25-14-8-9-15-27(25)33-24-12-6-3-7-13-24/h2-18H,19-20H2,1H3,(H,29,30). The van der Waals surface area contributed by atoms with Gasteiger partial charge in [0.2, 0.25) is 0 Å². The van der Waals surface area contributed by atoms with Gasteiger partial charge in [-0.2, -0.15) is 0 Å². The van der Waals surface area contributed by atoms with Gasteiger partial charge in [-0.1, -0.05) is 72.4 Å². The summed E-state index contributed by atoms with van der Waals surface area (Å²) < 4.78 is 11.3. The maximum Gasteiger partial charge on any atom is 0.255 e. The summed E-state index contributed by atoms with van der Waals surface area (Å²) in [4.78, 5) is 15.2. The number of anilines is 1. The summed E-state index contributed by atoms with van der Waals surface area (Å²) in [5, 5.41) is 3.05. The van der Waals surface area contributed by atoms with Gasteiger partial charge >= 0.3 is 0 Å². The first-order valence-corrected chi connectivity index (χ1v) is 11.5. The van der Waals surface area contributed by atoms with Gasteiger partial charge in [0.05, 0.1) is 26.0 Å². The highest BCUT2D eigenvalue weighted by Gasteiger charge is 2.13. The molecule has 0 saturated heterocycles. The molecule has 0 unspecified atom stereocenters. The zero-order valence-electron chi connectivity index (χ0n) is 18.4. The quantitative estimate of drug-likeness (QED) is 0.301. The average Bonchev–Trinajstić information content (AvgIpc) is 2.86. The number of methoxy groups -OCH3 is 1. The highest BCUT2D eigenvalue weighted by Crippen LogP contribution is 2.33. The van der Waals surface area contributed by atoms with Gasteiger partial charge in [-0.05, 0) is 48.0 Å². The summed E-state index contributed by atoms with van der Waals surface area (Å²) in [6.07, 6.45) is 0. The molecule has 0 bridgehead atoms. The lowest BCUT2D eigenvalue weighted by atomic mass is 10.1. The topological polar surface area (TPSA) is 47.6 Å². The molecule has 0 aromatic heterocycles. The molecule has 0 fully saturated rings. The van der Waals surface area contributed by atoms with Gasteiger partial charge in [-0.15, -0.1) is 0 Å². The number of para-hydroxylation sites is 1. The molecule has 0 spiro atoms. The Labute approximate surface area is 198 Å². The zero-order chi connectivity index (χ0) is 22.9. The number of ether oxygens (including phenoxy) is 2. The lowest BCUT2D eigenvalue weighted by molar-refractivity contribution is 0.102. The third kappa shape index (κ3) is 6.25. The van der Waals surface area contributed by atoms with Crippen molar-refractivity contribution in [1.29, 1.82) is 0 Å². The summed E-state index contributed by atoms with van der Waals surface area (Å²) in [5.41, 5.74) is 3.24. The minimum atomic E-state index is -0.178. The predicted molar refractivity (Wildman–Crippen MR) is 133 cm³/mol. The number of amides is 1. The first kappa shape index (κ1) is 22.6. The summed E-state index contributed by atoms with van der Waals surface area (Å²) >= 11 is 1.61. The summed E-state index contributed by atoms with van der Waals surface area (Å²) in [5.74, 6) is 0.516. The van der Waals surface area contributed by atoms with Crippen LogP contribution in [0.25, 0.3) is 0 Å². The number of hydrogen-bond acceptors (Lipinski definition) is 4. The molecule has 0 aliphatic carbocycles. The third-order valence-electron chi connectivity index (χ3n) is 5.02. The number of carbonyl (C=O) groups excluding carboxylic acids is 1. The summed E-state index contributed by atoms with van der Waals surface area (Å²) in [6.45, 7) is 0.837. The van der Waals surface area contributed by atoms with E-state index in [1.165, 1.54) is 0 Å². The van der Waals surface area contributed by atoms with E-state index in [0.29, 0.717) is 24.5 Å². The Kier molecular flexibility index (Phi) is 7.80. The van der Waals surface area contributed by atoms with E-state index in [0.717, 1.165) is 26.6 Å². The molecule has 1 N–H and O–H groups in total. The van der Waals surface area contributed by atoms with Crippen LogP contribution >= 0.6 is 11.8 Å². The van der Waals surface area contributed by atoms with E-state index in [1.54, 1.807) is 31.0 Å². The van der Waals surface area contributed by atoms with Gasteiger partial charge in [0.1, 0.15) is 5.75 Å². The number of hydrogen-bond donors (Lipinski definition) is 1. The van der Waals surface area contributed by atoms with Crippen LogP contribution < -0.4 is 10.1 Å². The Hall–Kier alpha value is -3.54. The minimum absolute atomic E-state index is 0.178. The highest BCUT2D eigenvalue weighted by molar-refractivity contribution is 7.99. The number of carbonyl (C=O) groups is 1. The molecular formula is C28H25NO3S. The molecule has 166 valence electrons. The van der Waals surface area contributed by atoms with Gasteiger partial charge in [-0.3, -0.25) is 4.79 Å². The predicted octanol–water partition coefficient (Wildman–Crippen LogP) is 6.82. The van der Waals surface area contributed by atoms with Crippen molar-refractivity contribution >= 4 is 23.4 Å². The fourth-order valence-corrected chi connectivity index (χ4v) is 4.28. The van der Waals surface area contributed by atoms with E-state index in [2.05, 4.69) is 17.4 Å². The Morgan fingerprint density at radius 3 is 2.27 bits per heavy atom. The SMILES string of the molecule is COc1ccc(C(=O)Nc2ccccc2Sc2ccccc2)cc1COCc1ccccc1. The molecule has 0 saturated carbocycles. The van der Waals surface area contributed by atoms with Gasteiger partial charge in [-0.25, -0.2) is 0 Å². The van der Waals surface area contributed by atoms with Crippen LogP contribution in [-0.4, -0.2) is 13.0 Å². The van der Waals surface area contributed by atoms with Crippen LogP contribution in [0.5, 0.6) is 5.75 Å². The second-order valence-electron chi connectivity index (χ2n) is 7.37. The maximum atomic E-state index is 13.1. The molecule has 4 aromatic rings. The smallest absolute Gasteiger partial charge is 0.255 e. The monoisotopic (exact) mass is 455 g/mol. The second-order valence-corrected chi connectivity index (χ2v) is 8.49. The molecule has 0 heterocycles. The molecule has 0 atom stereocenters. The number of benzene rings is 4. The Bertz CT molecular complexity index is 1200. The van der Waals surface area contributed by atoms with E-state index >= 15 is 0 Å². The van der Waals surface area contributed by atoms with Crippen LogP contribution in [0, 0.1) is 0 Å². The van der Waals surface area contributed by atoms with Crippen molar-refractivity contribution in [3.8, 4) is 5.75 Å². The highest BCUT2D eigenvalue weighted by atomic mass is 32.2. The van der Waals surface area contributed by atoms with Crippen molar-refractivity contribution in [1.82, 2.24) is 0 Å². The van der Waals surface area contributed by atoms with Gasteiger partial charge in [0.15, 0.2) is 0 Å². The van der Waals surface area contributed by atoms with Crippen LogP contribution in [0.2, 0.25) is 0 Å². The lowest BCUT2D eigenvalue weighted by Gasteiger charge is -2.13. The van der Waals surface area contributed by atoms with E-state index in [4.69, 9.17) is 9.47 Å². The Balaban J connectivity index is 1.47. The van der Waals surface area contributed by atoms with Crippen LogP contribution in [-0.2, 0) is 18.0 Å². The van der Waals surface area contributed by atoms with Crippen LogP contribution in [0.3, 0.4) is 0 Å². The lowest BCUT2D eigenvalue weighted by Crippen LogP contribution is -2.13. The normalized spacial score (nSPS) is 10.6. The Morgan fingerprint density at radius 1 is 0.818 bits per heavy atom. The number of nitrogens with one attached hydrogen (secondary N) is 1. The van der Waals surface area contributed by atoms with Crippen molar-refractivity contribution in [2.24, 2.45) is 0 Å². The van der Waals surface area contributed by atoms with Crippen LogP contribution in [0.1, 0.15) is 21.5 Å². The first-order valence-electron chi connectivity index (χ1n) is 10.6. The molecular weight excluding hydrogens is 430 g/mol. The fourth-order valence-electron chi connectivity index (χ4n) is 3.35. The van der Waals surface area contributed by atoms with Crippen molar-refractivity contribution < 1.29 is 14.3 Å². The molecule has 4 rings (SSSR count). The second kappa shape index (κ2) is 11.4. The van der Waals surface area contributed by atoms with Crippen LogP contribution in [0.4, 0.5) is 5.69 Å². The number of rotatable bonds is 9. The average molecular weight is 456 g/mol. The Morgan fingerprint density at radius 2 is 1.52 bits per heavy atom. The summed E-state index contributed by atoms with van der Waals surface area (Å²) in [7, 11) is 1.62. The molecule has 0 radical (unpaired) electrons. The van der Waals surface area contributed by atoms with Crippen molar-refractivity contribution in [2.45, 2.75) is 23.0 Å². The fraction of sp³-hybridized carbons (Fsp3) is 0.107. The van der Waals surface area contributed by atoms with Crippen LogP contribution in [0.15, 0.2) is 113 Å². The largest absolute Gasteiger partial charge is 0.496 e. The van der Waals surface area contributed by atoms with Gasteiger partial charge in [0.25, 0.3) is 5.91 Å². The van der Waals surface area contributed by atoms with E-state index in [-0.39, 0.29) is 5.91 Å². The molecule has 33 heavy (non-hydrogen) atoms. The molecule has 4 aromatic carbocycles. The van der Waals surface area contributed by atoms with Gasteiger partial charge < -0.3 is 14.8 Å². The van der Waals surface area contributed by atoms with E-state index in [9.17, 15) is 4.79 Å². The molecule has 5 heteroatoms. The van der Waals surface area contributed by atoms with Crippen molar-refractivity contribution in [3.05, 3.63) is 120 Å². The van der Waals surface area contributed by atoms with E-state index in [1.807, 2.05) is 78.9 Å². The maximum absolute atomic E-state index is 13.1. The summed E-state index contributed by atoms with van der Waals surface area (Å²) in [6, 6.07) is 33.3. The molecule has 4 nitrogen and oxygen atoms in total. The van der Waals surface area contributed by atoms with Gasteiger partial charge in [0, 0.05) is 20.9 Å². The minimum Gasteiger partial charge on any atom is -0.496 e. The molecule has 0 aliphatic heterocycles. The zero-order valence-corrected chi connectivity index (χ0v) is 19.2. The third-order valence-corrected chi connectivity index (χ3v) is 6.10. The molecule has 0 aliphatic rings.